The van der Waals surface area contributed by atoms with Crippen LogP contribution in [0.15, 0.2) is 18.2 Å². The molecule has 0 bridgehead atoms. The zero-order chi connectivity index (χ0) is 13.5. The molecular formula is C13H17BrClNO2. The summed E-state index contributed by atoms with van der Waals surface area (Å²) in [6, 6.07) is 5.38. The van der Waals surface area contributed by atoms with Gasteiger partial charge in [0.25, 0.3) is 5.91 Å². The minimum absolute atomic E-state index is 0.0166. The first-order valence-electron chi connectivity index (χ1n) is 5.70. The van der Waals surface area contributed by atoms with Gasteiger partial charge in [-0.05, 0) is 30.7 Å². The van der Waals surface area contributed by atoms with E-state index in [0.717, 1.165) is 10.9 Å². The SMILES string of the molecule is COCCN(CCBr)C(=O)c1cc(C)cc(Cl)c1. The van der Waals surface area contributed by atoms with E-state index in [0.29, 0.717) is 30.3 Å². The third-order valence-corrected chi connectivity index (χ3v) is 3.07. The molecule has 0 saturated carbocycles. The standard InChI is InChI=1S/C13H17BrClNO2/c1-10-7-11(9-12(15)8-10)13(17)16(4-3-14)5-6-18-2/h7-9H,3-6H2,1-2H3. The highest BCUT2D eigenvalue weighted by Crippen LogP contribution is 2.16. The molecule has 0 atom stereocenters. The maximum atomic E-state index is 12.3. The van der Waals surface area contributed by atoms with Crippen LogP contribution in [-0.4, -0.2) is 42.9 Å². The molecular weight excluding hydrogens is 318 g/mol. The number of aryl methyl sites for hydroxylation is 1. The number of amides is 1. The number of halogens is 2. The van der Waals surface area contributed by atoms with E-state index in [9.17, 15) is 4.79 Å². The molecule has 0 unspecified atom stereocenters. The molecule has 5 heteroatoms. The summed E-state index contributed by atoms with van der Waals surface area (Å²) in [5.41, 5.74) is 1.61. The van der Waals surface area contributed by atoms with Gasteiger partial charge < -0.3 is 9.64 Å². The van der Waals surface area contributed by atoms with Gasteiger partial charge in [-0.15, -0.1) is 0 Å². The van der Waals surface area contributed by atoms with Gasteiger partial charge in [0.1, 0.15) is 0 Å². The van der Waals surface area contributed by atoms with Gasteiger partial charge in [-0.3, -0.25) is 4.79 Å². The second-order valence-corrected chi connectivity index (χ2v) is 5.22. The fraction of sp³-hybridized carbons (Fsp3) is 0.462. The van der Waals surface area contributed by atoms with E-state index < -0.39 is 0 Å². The number of benzene rings is 1. The Morgan fingerprint density at radius 1 is 1.39 bits per heavy atom. The molecule has 18 heavy (non-hydrogen) atoms. The van der Waals surface area contributed by atoms with Crippen LogP contribution in [0.3, 0.4) is 0 Å². The molecule has 0 N–H and O–H groups in total. The number of hydrogen-bond acceptors (Lipinski definition) is 2. The summed E-state index contributed by atoms with van der Waals surface area (Å²) in [5, 5.41) is 1.33. The lowest BCUT2D eigenvalue weighted by Crippen LogP contribution is -2.35. The quantitative estimate of drug-likeness (QED) is 0.748. The molecule has 100 valence electrons. The van der Waals surface area contributed by atoms with Crippen molar-refractivity contribution >= 4 is 33.4 Å². The van der Waals surface area contributed by atoms with Gasteiger partial charge in [0, 0.05) is 36.1 Å². The molecule has 1 aromatic rings. The third-order valence-electron chi connectivity index (χ3n) is 2.50. The number of carbonyl (C=O) groups excluding carboxylic acids is 1. The Morgan fingerprint density at radius 3 is 2.67 bits per heavy atom. The first-order valence-corrected chi connectivity index (χ1v) is 7.19. The Bertz CT molecular complexity index is 392. The number of nitrogens with zero attached hydrogens (tertiary/aromatic N) is 1. The van der Waals surface area contributed by atoms with Gasteiger partial charge in [-0.1, -0.05) is 27.5 Å². The summed E-state index contributed by atoms with van der Waals surface area (Å²) in [5.74, 6) is -0.0166. The van der Waals surface area contributed by atoms with E-state index in [1.165, 1.54) is 0 Å². The molecule has 3 nitrogen and oxygen atoms in total. The van der Waals surface area contributed by atoms with Crippen LogP contribution in [0, 0.1) is 6.92 Å². The van der Waals surface area contributed by atoms with E-state index in [2.05, 4.69) is 15.9 Å². The van der Waals surface area contributed by atoms with Crippen molar-refractivity contribution in [3.8, 4) is 0 Å². The largest absolute Gasteiger partial charge is 0.383 e. The summed E-state index contributed by atoms with van der Waals surface area (Å²) < 4.78 is 5.02. The van der Waals surface area contributed by atoms with Crippen molar-refractivity contribution in [2.24, 2.45) is 0 Å². The van der Waals surface area contributed by atoms with E-state index in [1.807, 2.05) is 19.1 Å². The Labute approximate surface area is 121 Å². The fourth-order valence-electron chi connectivity index (χ4n) is 1.66. The molecule has 0 fully saturated rings. The number of alkyl halides is 1. The summed E-state index contributed by atoms with van der Waals surface area (Å²) in [6.07, 6.45) is 0. The Hall–Kier alpha value is -0.580. The molecule has 0 spiro atoms. The summed E-state index contributed by atoms with van der Waals surface area (Å²) >= 11 is 9.33. The molecule has 0 aliphatic carbocycles. The first-order chi connectivity index (χ1) is 8.58. The molecule has 0 aliphatic heterocycles. The normalized spacial score (nSPS) is 10.4. The zero-order valence-corrected chi connectivity index (χ0v) is 12.9. The van der Waals surface area contributed by atoms with E-state index in [1.54, 1.807) is 18.1 Å². The lowest BCUT2D eigenvalue weighted by Gasteiger charge is -2.21. The Balaban J connectivity index is 2.86. The molecule has 0 heterocycles. The lowest BCUT2D eigenvalue weighted by atomic mass is 10.1. The summed E-state index contributed by atoms with van der Waals surface area (Å²) in [4.78, 5) is 14.1. The smallest absolute Gasteiger partial charge is 0.254 e. The van der Waals surface area contributed by atoms with Gasteiger partial charge >= 0.3 is 0 Å². The Kier molecular flexibility index (Phi) is 6.68. The molecule has 0 saturated heterocycles. The van der Waals surface area contributed by atoms with Gasteiger partial charge in [-0.25, -0.2) is 0 Å². The zero-order valence-electron chi connectivity index (χ0n) is 10.6. The minimum Gasteiger partial charge on any atom is -0.383 e. The maximum Gasteiger partial charge on any atom is 0.254 e. The van der Waals surface area contributed by atoms with Crippen molar-refractivity contribution in [1.82, 2.24) is 4.90 Å². The number of methoxy groups -OCH3 is 1. The number of carbonyl (C=O) groups is 1. The van der Waals surface area contributed by atoms with E-state index in [4.69, 9.17) is 16.3 Å². The second kappa shape index (κ2) is 7.77. The van der Waals surface area contributed by atoms with Crippen LogP contribution in [0.25, 0.3) is 0 Å². The van der Waals surface area contributed by atoms with Crippen LogP contribution in [0.2, 0.25) is 5.02 Å². The monoisotopic (exact) mass is 333 g/mol. The van der Waals surface area contributed by atoms with E-state index >= 15 is 0 Å². The van der Waals surface area contributed by atoms with Crippen molar-refractivity contribution in [3.05, 3.63) is 34.3 Å². The molecule has 0 radical (unpaired) electrons. The average molecular weight is 335 g/mol. The number of ether oxygens (including phenoxy) is 1. The molecule has 0 aliphatic rings. The lowest BCUT2D eigenvalue weighted by molar-refractivity contribution is 0.0709. The van der Waals surface area contributed by atoms with Crippen LogP contribution >= 0.6 is 27.5 Å². The van der Waals surface area contributed by atoms with Crippen molar-refractivity contribution in [1.29, 1.82) is 0 Å². The van der Waals surface area contributed by atoms with Gasteiger partial charge in [-0.2, -0.15) is 0 Å². The van der Waals surface area contributed by atoms with E-state index in [-0.39, 0.29) is 5.91 Å². The summed E-state index contributed by atoms with van der Waals surface area (Å²) in [6.45, 7) is 3.67. The first kappa shape index (κ1) is 15.5. The van der Waals surface area contributed by atoms with Crippen LogP contribution in [0.4, 0.5) is 0 Å². The van der Waals surface area contributed by atoms with Crippen LogP contribution in [0.1, 0.15) is 15.9 Å². The highest BCUT2D eigenvalue weighted by Gasteiger charge is 2.15. The fourth-order valence-corrected chi connectivity index (χ4v) is 2.38. The maximum absolute atomic E-state index is 12.3. The Morgan fingerprint density at radius 2 is 2.11 bits per heavy atom. The van der Waals surface area contributed by atoms with Crippen molar-refractivity contribution < 1.29 is 9.53 Å². The third kappa shape index (κ3) is 4.59. The number of hydrogen-bond donors (Lipinski definition) is 0. The predicted octanol–water partition coefficient (Wildman–Crippen LogP) is 3.13. The topological polar surface area (TPSA) is 29.5 Å². The number of rotatable bonds is 6. The average Bonchev–Trinajstić information content (AvgIpc) is 2.32. The summed E-state index contributed by atoms with van der Waals surface area (Å²) in [7, 11) is 1.63. The van der Waals surface area contributed by atoms with Crippen LogP contribution in [-0.2, 0) is 4.74 Å². The predicted molar refractivity (Wildman–Crippen MR) is 77.8 cm³/mol. The molecule has 1 aromatic carbocycles. The van der Waals surface area contributed by atoms with Crippen LogP contribution < -0.4 is 0 Å². The highest BCUT2D eigenvalue weighted by molar-refractivity contribution is 9.09. The van der Waals surface area contributed by atoms with Crippen molar-refractivity contribution in [2.45, 2.75) is 6.92 Å². The van der Waals surface area contributed by atoms with Gasteiger partial charge in [0.05, 0.1) is 6.61 Å². The van der Waals surface area contributed by atoms with Gasteiger partial charge in [0.2, 0.25) is 0 Å². The van der Waals surface area contributed by atoms with Crippen molar-refractivity contribution in [3.63, 3.8) is 0 Å². The molecule has 0 aromatic heterocycles. The highest BCUT2D eigenvalue weighted by atomic mass is 79.9. The van der Waals surface area contributed by atoms with Crippen LogP contribution in [0.5, 0.6) is 0 Å². The molecule has 1 amide bonds. The van der Waals surface area contributed by atoms with Gasteiger partial charge in [0.15, 0.2) is 0 Å². The van der Waals surface area contributed by atoms with Crippen molar-refractivity contribution in [2.75, 3.05) is 32.1 Å². The second-order valence-electron chi connectivity index (χ2n) is 3.99. The minimum atomic E-state index is -0.0166. The molecule has 1 rings (SSSR count).